The van der Waals surface area contributed by atoms with E-state index in [2.05, 4.69) is 25.8 Å². The van der Waals surface area contributed by atoms with Gasteiger partial charge in [0.1, 0.15) is 23.0 Å². The monoisotopic (exact) mass is 593 g/mol. The van der Waals surface area contributed by atoms with Gasteiger partial charge in [-0.3, -0.25) is 14.4 Å². The second kappa shape index (κ2) is 13.0. The van der Waals surface area contributed by atoms with Gasteiger partial charge in [-0.1, -0.05) is 6.07 Å². The number of nitrogens with one attached hydrogen (secondary N) is 2. The van der Waals surface area contributed by atoms with Gasteiger partial charge >= 0.3 is 11.7 Å². The van der Waals surface area contributed by atoms with E-state index in [1.54, 1.807) is 43.3 Å². The standard InChI is InChI=1S/C28H29F2N9O4/c1-32-27(41)34-17-10-8-16(9-11-17)33-21(15-37(2)3)24-25(31)38(14-18-19(29)6-5-7-20(18)30)28(42)39(26(24)40)22-12-13-23(43-4)36-35-22/h5-13H,14-15,31H2,1-4H3,(H2,32,34,41). The minimum atomic E-state index is -0.998. The summed E-state index contributed by atoms with van der Waals surface area (Å²) in [7, 11) is 6.33. The molecule has 0 aliphatic rings. The molecule has 4 N–H and O–H groups in total. The van der Waals surface area contributed by atoms with Crippen LogP contribution in [-0.2, 0) is 6.54 Å². The SMILES string of the molecule is CNC(=O)Nc1ccc(N=C(CN(C)C)c2c(N)n(Cc3c(F)cccc3F)c(=O)n(-c3ccc(OC)nn3)c2=O)cc1. The van der Waals surface area contributed by atoms with Gasteiger partial charge in [-0.05, 0) is 56.6 Å². The Hall–Kier alpha value is -5.44. The van der Waals surface area contributed by atoms with Crippen LogP contribution in [0.4, 0.5) is 30.8 Å². The molecule has 43 heavy (non-hydrogen) atoms. The first-order chi connectivity index (χ1) is 20.5. The number of nitrogens with two attached hydrogens (primary N) is 1. The molecular weight excluding hydrogens is 564 g/mol. The maximum atomic E-state index is 14.7. The molecule has 4 rings (SSSR count). The molecule has 0 bridgehead atoms. The molecule has 0 saturated heterocycles. The van der Waals surface area contributed by atoms with E-state index >= 15 is 0 Å². The normalized spacial score (nSPS) is 11.5. The summed E-state index contributed by atoms with van der Waals surface area (Å²) in [5.74, 6) is -2.20. The van der Waals surface area contributed by atoms with Crippen molar-refractivity contribution in [3.8, 4) is 11.7 Å². The zero-order chi connectivity index (χ0) is 31.3. The smallest absolute Gasteiger partial charge is 0.338 e. The van der Waals surface area contributed by atoms with Crippen LogP contribution >= 0.6 is 0 Å². The highest BCUT2D eigenvalue weighted by atomic mass is 19.1. The van der Waals surface area contributed by atoms with Gasteiger partial charge in [-0.15, -0.1) is 10.2 Å². The van der Waals surface area contributed by atoms with Crippen molar-refractivity contribution in [2.24, 2.45) is 4.99 Å². The zero-order valence-corrected chi connectivity index (χ0v) is 23.8. The van der Waals surface area contributed by atoms with E-state index in [9.17, 15) is 23.2 Å². The minimum Gasteiger partial charge on any atom is -0.480 e. The van der Waals surface area contributed by atoms with E-state index in [4.69, 9.17) is 10.5 Å². The Bertz CT molecular complexity index is 1760. The molecule has 15 heteroatoms. The average molecular weight is 594 g/mol. The second-order valence-corrected chi connectivity index (χ2v) is 9.45. The van der Waals surface area contributed by atoms with Crippen LogP contribution in [0, 0.1) is 11.6 Å². The third-order valence-electron chi connectivity index (χ3n) is 6.20. The van der Waals surface area contributed by atoms with Crippen molar-refractivity contribution in [2.75, 3.05) is 45.8 Å². The molecule has 0 aliphatic carbocycles. The molecule has 0 radical (unpaired) electrons. The maximum absolute atomic E-state index is 14.7. The summed E-state index contributed by atoms with van der Waals surface area (Å²) in [6.45, 7) is -0.548. The number of aromatic nitrogens is 4. The van der Waals surface area contributed by atoms with Gasteiger partial charge in [-0.2, -0.15) is 0 Å². The molecule has 2 amide bonds. The first-order valence-electron chi connectivity index (χ1n) is 12.8. The lowest BCUT2D eigenvalue weighted by atomic mass is 10.1. The Morgan fingerprint density at radius 3 is 2.28 bits per heavy atom. The molecule has 13 nitrogen and oxygen atoms in total. The lowest BCUT2D eigenvalue weighted by Crippen LogP contribution is -2.45. The average Bonchev–Trinajstić information content (AvgIpc) is 2.97. The summed E-state index contributed by atoms with van der Waals surface area (Å²) in [5, 5.41) is 12.9. The van der Waals surface area contributed by atoms with E-state index < -0.39 is 41.0 Å². The summed E-state index contributed by atoms with van der Waals surface area (Å²) in [6, 6.07) is 12.0. The molecule has 2 heterocycles. The van der Waals surface area contributed by atoms with Gasteiger partial charge in [0.05, 0.1) is 25.1 Å². The lowest BCUT2D eigenvalue weighted by molar-refractivity contribution is 0.254. The molecule has 2 aromatic carbocycles. The van der Waals surface area contributed by atoms with Crippen LogP contribution in [0.2, 0.25) is 0 Å². The molecule has 224 valence electrons. The highest BCUT2D eigenvalue weighted by Gasteiger charge is 2.25. The highest BCUT2D eigenvalue weighted by Crippen LogP contribution is 2.21. The number of aliphatic imine (C=N–C) groups is 1. The van der Waals surface area contributed by atoms with Crippen LogP contribution in [-0.4, -0.2) is 70.8 Å². The number of nitrogens with zero attached hydrogens (tertiary/aromatic N) is 6. The quantitative estimate of drug-likeness (QED) is 0.249. The molecular formula is C28H29F2N9O4. The number of nitrogen functional groups attached to an aromatic ring is 1. The number of likely N-dealkylation sites (N-methyl/N-ethyl adjacent to an activating group) is 1. The van der Waals surface area contributed by atoms with E-state index in [0.29, 0.717) is 15.9 Å². The number of benzene rings is 2. The number of rotatable bonds is 9. The summed E-state index contributed by atoms with van der Waals surface area (Å²) in [4.78, 5) is 45.7. The van der Waals surface area contributed by atoms with Gasteiger partial charge in [-0.25, -0.2) is 22.9 Å². The van der Waals surface area contributed by atoms with Crippen LogP contribution in [0.15, 0.2) is 69.2 Å². The first-order valence-corrected chi connectivity index (χ1v) is 12.8. The fourth-order valence-electron chi connectivity index (χ4n) is 4.11. The Morgan fingerprint density at radius 1 is 1.05 bits per heavy atom. The number of methoxy groups -OCH3 is 1. The van der Waals surface area contributed by atoms with Crippen molar-refractivity contribution < 1.29 is 18.3 Å². The molecule has 0 atom stereocenters. The van der Waals surface area contributed by atoms with E-state index in [0.717, 1.165) is 16.7 Å². The summed E-state index contributed by atoms with van der Waals surface area (Å²) in [6.07, 6.45) is 0. The number of amides is 2. The van der Waals surface area contributed by atoms with Crippen molar-refractivity contribution in [1.29, 1.82) is 0 Å². The van der Waals surface area contributed by atoms with Crippen LogP contribution in [0.3, 0.4) is 0 Å². The third kappa shape index (κ3) is 6.73. The van der Waals surface area contributed by atoms with Gasteiger partial charge < -0.3 is 26.0 Å². The summed E-state index contributed by atoms with van der Waals surface area (Å²) >= 11 is 0. The van der Waals surface area contributed by atoms with Crippen LogP contribution in [0.25, 0.3) is 5.82 Å². The first kappa shape index (κ1) is 30.5. The zero-order valence-electron chi connectivity index (χ0n) is 23.8. The van der Waals surface area contributed by atoms with Crippen molar-refractivity contribution in [3.63, 3.8) is 0 Å². The fraction of sp³-hybridized carbons (Fsp3) is 0.214. The molecule has 4 aromatic rings. The van der Waals surface area contributed by atoms with Crippen LogP contribution < -0.4 is 32.4 Å². The Kier molecular flexibility index (Phi) is 9.25. The predicted octanol–water partition coefficient (Wildman–Crippen LogP) is 2.14. The molecule has 0 aliphatic heterocycles. The summed E-state index contributed by atoms with van der Waals surface area (Å²) < 4.78 is 36.0. The Balaban J connectivity index is 1.97. The topological polar surface area (TPSA) is 162 Å². The highest BCUT2D eigenvalue weighted by molar-refractivity contribution is 6.06. The molecule has 0 unspecified atom stereocenters. The molecule has 0 fully saturated rings. The predicted molar refractivity (Wildman–Crippen MR) is 158 cm³/mol. The Morgan fingerprint density at radius 2 is 1.72 bits per heavy atom. The van der Waals surface area contributed by atoms with Gasteiger partial charge in [0.25, 0.3) is 5.56 Å². The second-order valence-electron chi connectivity index (χ2n) is 9.45. The van der Waals surface area contributed by atoms with Crippen molar-refractivity contribution in [2.45, 2.75) is 6.54 Å². The van der Waals surface area contributed by atoms with Gasteiger partial charge in [0.15, 0.2) is 5.82 Å². The molecule has 0 spiro atoms. The van der Waals surface area contributed by atoms with Crippen molar-refractivity contribution in [1.82, 2.24) is 29.5 Å². The van der Waals surface area contributed by atoms with Crippen molar-refractivity contribution >= 4 is 28.9 Å². The fourth-order valence-corrected chi connectivity index (χ4v) is 4.11. The minimum absolute atomic E-state index is 0.0816. The number of hydrogen-bond acceptors (Lipinski definition) is 9. The molecule has 0 saturated carbocycles. The number of ether oxygens (including phenoxy) is 1. The van der Waals surface area contributed by atoms with E-state index in [1.807, 2.05) is 0 Å². The number of hydrogen-bond donors (Lipinski definition) is 3. The number of anilines is 2. The lowest BCUT2D eigenvalue weighted by Gasteiger charge is -2.19. The van der Waals surface area contributed by atoms with Crippen molar-refractivity contribution in [3.05, 3.63) is 98.2 Å². The largest absolute Gasteiger partial charge is 0.480 e. The Labute approximate surface area is 244 Å². The summed E-state index contributed by atoms with van der Waals surface area (Å²) in [5.41, 5.74) is 5.00. The van der Waals surface area contributed by atoms with Crippen LogP contribution in [0.5, 0.6) is 5.88 Å². The van der Waals surface area contributed by atoms with Gasteiger partial charge in [0, 0.05) is 30.9 Å². The maximum Gasteiger partial charge on any atom is 0.338 e. The number of halogens is 2. The van der Waals surface area contributed by atoms with E-state index in [1.165, 1.54) is 32.4 Å². The van der Waals surface area contributed by atoms with E-state index in [-0.39, 0.29) is 35.3 Å². The molecule has 2 aromatic heterocycles. The third-order valence-corrected chi connectivity index (χ3v) is 6.20. The van der Waals surface area contributed by atoms with Gasteiger partial charge in [0.2, 0.25) is 5.88 Å². The number of carbonyl (C=O) groups excluding carboxylic acids is 1. The number of carbonyl (C=O) groups is 1. The van der Waals surface area contributed by atoms with Crippen LogP contribution in [0.1, 0.15) is 11.1 Å². The number of urea groups is 1.